The van der Waals surface area contributed by atoms with E-state index in [2.05, 4.69) is 44.8 Å². The van der Waals surface area contributed by atoms with Crippen LogP contribution in [0.4, 0.5) is 0 Å². The summed E-state index contributed by atoms with van der Waals surface area (Å²) >= 11 is 0. The Labute approximate surface area is 119 Å². The quantitative estimate of drug-likeness (QED) is 0.750. The summed E-state index contributed by atoms with van der Waals surface area (Å²) < 4.78 is 0. The summed E-state index contributed by atoms with van der Waals surface area (Å²) in [5, 5.41) is 3.44. The predicted octanol–water partition coefficient (Wildman–Crippen LogP) is 3.19. The molecule has 0 radical (unpaired) electrons. The number of hydrogen-bond acceptors (Lipinski definition) is 2. The Morgan fingerprint density at radius 1 is 1.37 bits per heavy atom. The first-order valence-electron chi connectivity index (χ1n) is 7.94. The zero-order chi connectivity index (χ0) is 14.5. The summed E-state index contributed by atoms with van der Waals surface area (Å²) in [5.74, 6) is 0.302. The Morgan fingerprint density at radius 3 is 2.58 bits per heavy atom. The van der Waals surface area contributed by atoms with Crippen LogP contribution in [0.2, 0.25) is 0 Å². The molecule has 1 amide bonds. The van der Waals surface area contributed by atoms with Crippen molar-refractivity contribution in [2.45, 2.75) is 78.8 Å². The van der Waals surface area contributed by atoms with E-state index in [4.69, 9.17) is 0 Å². The minimum absolute atomic E-state index is 0.00900. The summed E-state index contributed by atoms with van der Waals surface area (Å²) in [5.41, 5.74) is 0.0766. The first kappa shape index (κ1) is 16.5. The van der Waals surface area contributed by atoms with Crippen LogP contribution in [0.25, 0.3) is 0 Å². The maximum Gasteiger partial charge on any atom is 0.240 e. The Hall–Kier alpha value is -0.570. The SMILES string of the molecule is CCCCCN(C(=O)C1NCCCC1(C)C)C(C)C. The first-order chi connectivity index (χ1) is 8.90. The van der Waals surface area contributed by atoms with Crippen molar-refractivity contribution >= 4 is 5.91 Å². The monoisotopic (exact) mass is 268 g/mol. The van der Waals surface area contributed by atoms with Crippen molar-refractivity contribution in [1.82, 2.24) is 10.2 Å². The number of carbonyl (C=O) groups is 1. The molecular formula is C16H32N2O. The highest BCUT2D eigenvalue weighted by atomic mass is 16.2. The van der Waals surface area contributed by atoms with Crippen LogP contribution in [0.3, 0.4) is 0 Å². The first-order valence-corrected chi connectivity index (χ1v) is 7.94. The van der Waals surface area contributed by atoms with Crippen LogP contribution < -0.4 is 5.32 Å². The molecule has 0 spiro atoms. The molecule has 0 bridgehead atoms. The van der Waals surface area contributed by atoms with Gasteiger partial charge in [-0.3, -0.25) is 4.79 Å². The van der Waals surface area contributed by atoms with Gasteiger partial charge >= 0.3 is 0 Å². The number of nitrogens with one attached hydrogen (secondary N) is 1. The van der Waals surface area contributed by atoms with Crippen molar-refractivity contribution in [1.29, 1.82) is 0 Å². The van der Waals surface area contributed by atoms with Gasteiger partial charge in [0.15, 0.2) is 0 Å². The molecule has 3 heteroatoms. The largest absolute Gasteiger partial charge is 0.339 e. The molecule has 1 N–H and O–H groups in total. The molecule has 1 aliphatic heterocycles. The van der Waals surface area contributed by atoms with E-state index in [0.717, 1.165) is 25.9 Å². The topological polar surface area (TPSA) is 32.3 Å². The Bertz CT molecular complexity index is 286. The number of piperidine rings is 1. The summed E-state index contributed by atoms with van der Waals surface area (Å²) in [7, 11) is 0. The van der Waals surface area contributed by atoms with Gasteiger partial charge in [-0.15, -0.1) is 0 Å². The van der Waals surface area contributed by atoms with Crippen LogP contribution in [0.1, 0.15) is 66.7 Å². The number of hydrogen-bond donors (Lipinski definition) is 1. The third kappa shape index (κ3) is 4.48. The van der Waals surface area contributed by atoms with Gasteiger partial charge in [-0.25, -0.2) is 0 Å². The lowest BCUT2D eigenvalue weighted by atomic mass is 9.77. The van der Waals surface area contributed by atoms with Crippen LogP contribution in [0.15, 0.2) is 0 Å². The molecule has 0 aromatic heterocycles. The fourth-order valence-corrected chi connectivity index (χ4v) is 2.95. The van der Waals surface area contributed by atoms with Gasteiger partial charge in [0.1, 0.15) is 0 Å². The van der Waals surface area contributed by atoms with Crippen LogP contribution in [0.5, 0.6) is 0 Å². The molecule has 1 unspecified atom stereocenters. The third-order valence-electron chi connectivity index (χ3n) is 4.28. The standard InChI is InChI=1S/C16H32N2O/c1-6-7-8-12-18(13(2)3)15(19)14-16(4,5)10-9-11-17-14/h13-14,17H,6-12H2,1-5H3. The lowest BCUT2D eigenvalue weighted by molar-refractivity contribution is -0.139. The zero-order valence-corrected chi connectivity index (χ0v) is 13.5. The molecule has 1 rings (SSSR count). The fraction of sp³-hybridized carbons (Fsp3) is 0.938. The van der Waals surface area contributed by atoms with Crippen molar-refractivity contribution in [3.63, 3.8) is 0 Å². The van der Waals surface area contributed by atoms with Crippen LogP contribution in [-0.4, -0.2) is 36.0 Å². The molecule has 1 atom stereocenters. The molecule has 3 nitrogen and oxygen atoms in total. The van der Waals surface area contributed by atoms with E-state index in [1.807, 2.05) is 0 Å². The van der Waals surface area contributed by atoms with Crippen LogP contribution in [-0.2, 0) is 4.79 Å². The van der Waals surface area contributed by atoms with Gasteiger partial charge in [-0.1, -0.05) is 33.6 Å². The van der Waals surface area contributed by atoms with Gasteiger partial charge in [0.2, 0.25) is 5.91 Å². The average Bonchev–Trinajstić information content (AvgIpc) is 2.33. The molecule has 1 heterocycles. The summed E-state index contributed by atoms with van der Waals surface area (Å²) in [4.78, 5) is 14.9. The van der Waals surface area contributed by atoms with Gasteiger partial charge in [-0.05, 0) is 45.1 Å². The van der Waals surface area contributed by atoms with Gasteiger partial charge < -0.3 is 10.2 Å². The minimum atomic E-state index is -0.00900. The highest BCUT2D eigenvalue weighted by molar-refractivity contribution is 5.83. The van der Waals surface area contributed by atoms with E-state index in [-0.39, 0.29) is 11.5 Å². The molecule has 0 aromatic rings. The highest BCUT2D eigenvalue weighted by Crippen LogP contribution is 2.31. The predicted molar refractivity (Wildman–Crippen MR) is 81.2 cm³/mol. The number of rotatable bonds is 6. The van der Waals surface area contributed by atoms with Gasteiger partial charge in [-0.2, -0.15) is 0 Å². The number of amides is 1. The second-order valence-electron chi connectivity index (χ2n) is 6.81. The van der Waals surface area contributed by atoms with Gasteiger partial charge in [0.25, 0.3) is 0 Å². The van der Waals surface area contributed by atoms with Crippen LogP contribution >= 0.6 is 0 Å². The number of unbranched alkanes of at least 4 members (excludes halogenated alkanes) is 2. The maximum absolute atomic E-state index is 12.8. The molecule has 1 saturated heterocycles. The van der Waals surface area contributed by atoms with Crippen molar-refractivity contribution < 1.29 is 4.79 Å². The zero-order valence-electron chi connectivity index (χ0n) is 13.5. The van der Waals surface area contributed by atoms with E-state index >= 15 is 0 Å². The molecule has 112 valence electrons. The third-order valence-corrected chi connectivity index (χ3v) is 4.28. The molecule has 19 heavy (non-hydrogen) atoms. The van der Waals surface area contributed by atoms with E-state index in [1.165, 1.54) is 19.3 Å². The molecule has 1 aliphatic rings. The summed E-state index contributed by atoms with van der Waals surface area (Å²) in [6.07, 6.45) is 5.84. The molecule has 0 saturated carbocycles. The van der Waals surface area contributed by atoms with Crippen molar-refractivity contribution in [3.8, 4) is 0 Å². The number of nitrogens with zero attached hydrogens (tertiary/aromatic N) is 1. The molecule has 0 aliphatic carbocycles. The number of carbonyl (C=O) groups excluding carboxylic acids is 1. The average molecular weight is 268 g/mol. The molecular weight excluding hydrogens is 236 g/mol. The smallest absolute Gasteiger partial charge is 0.240 e. The van der Waals surface area contributed by atoms with Crippen molar-refractivity contribution in [3.05, 3.63) is 0 Å². The second kappa shape index (κ2) is 7.28. The van der Waals surface area contributed by atoms with E-state index in [0.29, 0.717) is 11.9 Å². The van der Waals surface area contributed by atoms with Crippen molar-refractivity contribution in [2.75, 3.05) is 13.1 Å². The normalized spacial score (nSPS) is 22.5. The molecule has 1 fully saturated rings. The van der Waals surface area contributed by atoms with Gasteiger partial charge in [0.05, 0.1) is 6.04 Å². The maximum atomic E-state index is 12.8. The second-order valence-corrected chi connectivity index (χ2v) is 6.81. The molecule has 0 aromatic carbocycles. The van der Waals surface area contributed by atoms with Crippen LogP contribution in [0, 0.1) is 5.41 Å². The van der Waals surface area contributed by atoms with Gasteiger partial charge in [0, 0.05) is 12.6 Å². The summed E-state index contributed by atoms with van der Waals surface area (Å²) in [6, 6.07) is 0.286. The highest BCUT2D eigenvalue weighted by Gasteiger charge is 2.39. The van der Waals surface area contributed by atoms with E-state index in [9.17, 15) is 4.79 Å². The van der Waals surface area contributed by atoms with E-state index < -0.39 is 0 Å². The van der Waals surface area contributed by atoms with E-state index in [1.54, 1.807) is 0 Å². The minimum Gasteiger partial charge on any atom is -0.339 e. The Morgan fingerprint density at radius 2 is 2.05 bits per heavy atom. The Kier molecular flexibility index (Phi) is 6.31. The summed E-state index contributed by atoms with van der Waals surface area (Å²) in [6.45, 7) is 12.8. The lowest BCUT2D eigenvalue weighted by Crippen LogP contribution is -2.57. The lowest BCUT2D eigenvalue weighted by Gasteiger charge is -2.42. The Balaban J connectivity index is 2.69. The van der Waals surface area contributed by atoms with Crippen molar-refractivity contribution in [2.24, 2.45) is 5.41 Å². The fourth-order valence-electron chi connectivity index (χ4n) is 2.95.